The first-order chi connectivity index (χ1) is 23.5. The summed E-state index contributed by atoms with van der Waals surface area (Å²) < 4.78 is 37.4. The van der Waals surface area contributed by atoms with Gasteiger partial charge in [0.2, 0.25) is 0 Å². The van der Waals surface area contributed by atoms with Crippen LogP contribution in [0.5, 0.6) is 0 Å². The minimum absolute atomic E-state index is 0.132. The van der Waals surface area contributed by atoms with Crippen LogP contribution in [0.2, 0.25) is 0 Å². The number of cyclic esters (lactones) is 1. The number of rotatable bonds is 7. The zero-order valence-corrected chi connectivity index (χ0v) is 33.2. The molecule has 9 unspecified atom stereocenters. The van der Waals surface area contributed by atoms with Crippen molar-refractivity contribution < 1.29 is 58.7 Å². The number of methoxy groups -OCH3 is 1. The van der Waals surface area contributed by atoms with Gasteiger partial charge in [0.25, 0.3) is 0 Å². The lowest BCUT2D eigenvalue weighted by Gasteiger charge is -2.48. The van der Waals surface area contributed by atoms with Crippen molar-refractivity contribution in [3.05, 3.63) is 0 Å². The van der Waals surface area contributed by atoms with Gasteiger partial charge in [-0.3, -0.25) is 4.79 Å². The van der Waals surface area contributed by atoms with E-state index in [0.29, 0.717) is 13.0 Å². The first-order valence-corrected chi connectivity index (χ1v) is 18.8. The molecule has 6 N–H and O–H groups in total. The third-order valence-electron chi connectivity index (χ3n) is 11.7. The summed E-state index contributed by atoms with van der Waals surface area (Å²) in [6.07, 6.45) is -8.22. The molecule has 3 aliphatic rings. The molecule has 3 aliphatic heterocycles. The molecule has 14 heteroatoms. The van der Waals surface area contributed by atoms with Crippen molar-refractivity contribution in [1.29, 1.82) is 0 Å². The summed E-state index contributed by atoms with van der Waals surface area (Å²) in [5.41, 5.74) is -4.37. The maximum Gasteiger partial charge on any atom is 0.311 e. The van der Waals surface area contributed by atoms with Crippen LogP contribution >= 0.6 is 0 Å². The Morgan fingerprint density at radius 2 is 1.57 bits per heavy atom. The lowest BCUT2D eigenvalue weighted by atomic mass is 9.77. The van der Waals surface area contributed by atoms with Crippen LogP contribution in [-0.4, -0.2) is 154 Å². The Morgan fingerprint density at radius 3 is 2.14 bits per heavy atom. The largest absolute Gasteiger partial charge is 0.459 e. The van der Waals surface area contributed by atoms with Gasteiger partial charge < -0.3 is 64.2 Å². The molecule has 3 fully saturated rings. The molecule has 14 nitrogen and oxygen atoms in total. The molecule has 0 spiro atoms. The smallest absolute Gasteiger partial charge is 0.311 e. The van der Waals surface area contributed by atoms with Crippen molar-refractivity contribution in [2.24, 2.45) is 17.8 Å². The Bertz CT molecular complexity index is 1110. The highest BCUT2D eigenvalue weighted by Crippen LogP contribution is 2.40. The van der Waals surface area contributed by atoms with E-state index in [-0.39, 0.29) is 37.3 Å². The first kappa shape index (κ1) is 44.4. The van der Waals surface area contributed by atoms with Crippen LogP contribution in [0, 0.1) is 17.8 Å². The van der Waals surface area contributed by atoms with Crippen molar-refractivity contribution in [2.45, 2.75) is 185 Å². The number of hydrogen-bond acceptors (Lipinski definition) is 14. The normalized spacial score (nSPS) is 49.9. The van der Waals surface area contributed by atoms with Gasteiger partial charge in [-0.05, 0) is 94.3 Å². The molecule has 0 aromatic rings. The molecule has 0 bridgehead atoms. The second-order valence-corrected chi connectivity index (χ2v) is 16.7. The van der Waals surface area contributed by atoms with Crippen molar-refractivity contribution in [3.63, 3.8) is 0 Å². The highest BCUT2D eigenvalue weighted by Gasteiger charge is 2.52. The topological polar surface area (TPSA) is 189 Å². The molecule has 0 saturated carbocycles. The number of nitrogens with zero attached hydrogens (tertiary/aromatic N) is 1. The SMILES string of the molecule is CC[C@H]1OC(=O)[C@H](C)[C@@H](OC2CC(C)(OC)C(O)C(C)O2)C(C)[C@@H](OC2OC(C)CC(N(C)C)C2O)[C@](C)(O)C[C@@H](C)CN[C@H](C)[C@@H](O)[C@]1(C)O. The number of likely N-dealkylation sites (N-methyl/N-ethyl adjacent to an activating group) is 1. The van der Waals surface area contributed by atoms with Gasteiger partial charge in [0, 0.05) is 31.5 Å². The monoisotopic (exact) mass is 734 g/mol. The Balaban J connectivity index is 2.15. The Kier molecular flexibility index (Phi) is 15.3. The third kappa shape index (κ3) is 10.2. The van der Waals surface area contributed by atoms with Crippen LogP contribution < -0.4 is 5.32 Å². The van der Waals surface area contributed by atoms with Crippen LogP contribution in [-0.2, 0) is 33.2 Å². The lowest BCUT2D eigenvalue weighted by Crippen LogP contribution is -2.60. The number of carbonyl (C=O) groups excluding carboxylic acids is 1. The van der Waals surface area contributed by atoms with E-state index >= 15 is 0 Å². The number of hydrogen-bond donors (Lipinski definition) is 6. The zero-order valence-electron chi connectivity index (χ0n) is 33.2. The summed E-state index contributed by atoms with van der Waals surface area (Å²) in [7, 11) is 5.27. The van der Waals surface area contributed by atoms with E-state index in [9.17, 15) is 30.3 Å². The van der Waals surface area contributed by atoms with Crippen LogP contribution in [0.3, 0.4) is 0 Å². The van der Waals surface area contributed by atoms with Gasteiger partial charge >= 0.3 is 5.97 Å². The van der Waals surface area contributed by atoms with Crippen molar-refractivity contribution in [1.82, 2.24) is 10.2 Å². The predicted octanol–water partition coefficient (Wildman–Crippen LogP) is 1.56. The average molecular weight is 735 g/mol. The minimum atomic E-state index is -1.80. The fourth-order valence-electron chi connectivity index (χ4n) is 8.36. The summed E-state index contributed by atoms with van der Waals surface area (Å²) in [6, 6.07) is -0.858. The molecule has 0 amide bonds. The number of ether oxygens (including phenoxy) is 6. The summed E-state index contributed by atoms with van der Waals surface area (Å²) >= 11 is 0. The molecule has 0 aromatic carbocycles. The lowest BCUT2D eigenvalue weighted by molar-refractivity contribution is -0.318. The zero-order chi connectivity index (χ0) is 38.8. The number of aliphatic hydroxyl groups excluding tert-OH is 3. The van der Waals surface area contributed by atoms with Crippen molar-refractivity contribution in [3.8, 4) is 0 Å². The Hall–Kier alpha value is -1.01. The maximum absolute atomic E-state index is 14.1. The van der Waals surface area contributed by atoms with Gasteiger partial charge in [-0.15, -0.1) is 0 Å². The van der Waals surface area contributed by atoms with Gasteiger partial charge in [0.1, 0.15) is 30.0 Å². The van der Waals surface area contributed by atoms with Crippen LogP contribution in [0.1, 0.15) is 94.9 Å². The van der Waals surface area contributed by atoms with Gasteiger partial charge in [0.15, 0.2) is 12.6 Å². The van der Waals surface area contributed by atoms with Gasteiger partial charge in [-0.2, -0.15) is 0 Å². The van der Waals surface area contributed by atoms with Crippen LogP contribution in [0.4, 0.5) is 0 Å². The van der Waals surface area contributed by atoms with Gasteiger partial charge in [-0.1, -0.05) is 20.8 Å². The summed E-state index contributed by atoms with van der Waals surface area (Å²) in [5.74, 6) is -2.60. The molecule has 51 heavy (non-hydrogen) atoms. The second kappa shape index (κ2) is 17.6. The van der Waals surface area contributed by atoms with E-state index in [1.807, 2.05) is 39.8 Å². The van der Waals surface area contributed by atoms with E-state index in [1.54, 1.807) is 41.5 Å². The number of aliphatic hydroxyl groups is 5. The summed E-state index contributed by atoms with van der Waals surface area (Å²) in [6.45, 7) is 17.8. The van der Waals surface area contributed by atoms with Crippen molar-refractivity contribution >= 4 is 5.97 Å². The maximum atomic E-state index is 14.1. The van der Waals surface area contributed by atoms with E-state index in [2.05, 4.69) is 5.32 Å². The van der Waals surface area contributed by atoms with Gasteiger partial charge in [0.05, 0.1) is 41.5 Å². The van der Waals surface area contributed by atoms with E-state index in [4.69, 9.17) is 28.4 Å². The highest BCUT2D eigenvalue weighted by molar-refractivity contribution is 5.73. The molecule has 3 saturated heterocycles. The number of esters is 1. The van der Waals surface area contributed by atoms with E-state index < -0.39 is 96.0 Å². The molecule has 0 aliphatic carbocycles. The molecule has 300 valence electrons. The number of carbonyl (C=O) groups is 1. The summed E-state index contributed by atoms with van der Waals surface area (Å²) in [4.78, 5) is 16.1. The van der Waals surface area contributed by atoms with Crippen LogP contribution in [0.15, 0.2) is 0 Å². The molecule has 3 heterocycles. The Morgan fingerprint density at radius 1 is 0.941 bits per heavy atom. The molecule has 18 atom stereocenters. The van der Waals surface area contributed by atoms with Gasteiger partial charge in [-0.25, -0.2) is 0 Å². The molecular formula is C37H70N2O12. The third-order valence-corrected chi connectivity index (χ3v) is 11.7. The predicted molar refractivity (Wildman–Crippen MR) is 190 cm³/mol. The van der Waals surface area contributed by atoms with E-state index in [0.717, 1.165) is 0 Å². The minimum Gasteiger partial charge on any atom is -0.459 e. The fraction of sp³-hybridized carbons (Fsp3) is 0.973. The Labute approximate surface area is 305 Å². The number of nitrogens with one attached hydrogen (secondary N) is 1. The molecule has 0 radical (unpaired) electrons. The highest BCUT2D eigenvalue weighted by atomic mass is 16.7. The summed E-state index contributed by atoms with van der Waals surface area (Å²) in [5, 5.41) is 60.9. The average Bonchev–Trinajstić information content (AvgIpc) is 3.05. The molecular weight excluding hydrogens is 664 g/mol. The first-order valence-electron chi connectivity index (χ1n) is 18.8. The quantitative estimate of drug-likeness (QED) is 0.207. The standard InChI is InChI=1S/C37H70N2O12/c1-14-26-37(10,45)30(41)23(6)38-18-19(2)16-35(8,44)32(51-34-28(40)25(39(11)12)15-20(3)47-34)21(4)29(22(5)33(43)49-26)50-27-17-36(9,46-13)31(42)24(7)48-27/h19-32,34,38,40-42,44-45H,14-18H2,1-13H3/t19-,20?,21?,22-,23-,24?,25?,26-,27?,28?,29+,30-,31?,32-,34?,35-,36?,37-/m1/s1. The fourth-order valence-corrected chi connectivity index (χ4v) is 8.36. The van der Waals surface area contributed by atoms with Crippen LogP contribution in [0.25, 0.3) is 0 Å². The molecule has 0 aromatic heterocycles. The second-order valence-electron chi connectivity index (χ2n) is 16.7. The molecule has 3 rings (SSSR count). The van der Waals surface area contributed by atoms with E-state index in [1.165, 1.54) is 14.0 Å². The van der Waals surface area contributed by atoms with Crippen molar-refractivity contribution in [2.75, 3.05) is 27.7 Å².